The number of benzene rings is 1. The average molecular weight is 327 g/mol. The highest BCUT2D eigenvalue weighted by atomic mass is 16.7. The SMILES string of the molecule is O=C(CC12CC3CC(CC(C3)C1)C2)NCc1ccc2c(c1)OCO2. The van der Waals surface area contributed by atoms with Crippen molar-refractivity contribution in [3.63, 3.8) is 0 Å². The number of carbonyl (C=O) groups is 1. The van der Waals surface area contributed by atoms with E-state index in [1.807, 2.05) is 18.2 Å². The summed E-state index contributed by atoms with van der Waals surface area (Å²) in [4.78, 5) is 12.6. The van der Waals surface area contributed by atoms with E-state index in [1.54, 1.807) is 0 Å². The minimum atomic E-state index is 0.217. The summed E-state index contributed by atoms with van der Waals surface area (Å²) in [6, 6.07) is 5.88. The van der Waals surface area contributed by atoms with Crippen molar-refractivity contribution < 1.29 is 14.3 Å². The molecule has 1 aliphatic heterocycles. The molecular formula is C20H25NO3. The molecule has 0 radical (unpaired) electrons. The van der Waals surface area contributed by atoms with E-state index < -0.39 is 0 Å². The standard InChI is InChI=1S/C20H25NO3/c22-19(21-11-13-1-2-17-18(6-13)24-12-23-17)10-20-7-14-3-15(8-20)5-16(4-14)9-20/h1-2,6,14-16H,3-5,7-12H2,(H,21,22). The summed E-state index contributed by atoms with van der Waals surface area (Å²) in [5.41, 5.74) is 1.38. The molecule has 5 aliphatic rings. The molecule has 1 aromatic carbocycles. The lowest BCUT2D eigenvalue weighted by Crippen LogP contribution is -2.47. The van der Waals surface area contributed by atoms with Crippen molar-refractivity contribution in [3.8, 4) is 11.5 Å². The molecule has 0 spiro atoms. The van der Waals surface area contributed by atoms with Crippen LogP contribution in [0.3, 0.4) is 0 Å². The fourth-order valence-corrected chi connectivity index (χ4v) is 6.16. The maximum atomic E-state index is 12.6. The first-order valence-corrected chi connectivity index (χ1v) is 9.33. The Morgan fingerprint density at radius 3 is 2.42 bits per heavy atom. The lowest BCUT2D eigenvalue weighted by Gasteiger charge is -2.56. The molecule has 4 heteroatoms. The smallest absolute Gasteiger partial charge is 0.231 e. The van der Waals surface area contributed by atoms with Gasteiger partial charge in [0, 0.05) is 13.0 Å². The fraction of sp³-hybridized carbons (Fsp3) is 0.650. The van der Waals surface area contributed by atoms with E-state index in [2.05, 4.69) is 5.32 Å². The summed E-state index contributed by atoms with van der Waals surface area (Å²) in [7, 11) is 0. The lowest BCUT2D eigenvalue weighted by atomic mass is 9.49. The Hall–Kier alpha value is -1.71. The zero-order chi connectivity index (χ0) is 16.1. The molecule has 0 unspecified atom stereocenters. The molecule has 1 N–H and O–H groups in total. The summed E-state index contributed by atoms with van der Waals surface area (Å²) in [6.07, 6.45) is 8.87. The number of ether oxygens (including phenoxy) is 2. The number of carbonyl (C=O) groups excluding carboxylic acids is 1. The van der Waals surface area contributed by atoms with Crippen LogP contribution < -0.4 is 14.8 Å². The van der Waals surface area contributed by atoms with E-state index in [0.29, 0.717) is 12.0 Å². The van der Waals surface area contributed by atoms with Gasteiger partial charge in [0.2, 0.25) is 12.7 Å². The third-order valence-electron chi connectivity index (χ3n) is 6.63. The molecule has 4 aliphatic carbocycles. The van der Waals surface area contributed by atoms with Crippen LogP contribution in [-0.2, 0) is 11.3 Å². The monoisotopic (exact) mass is 327 g/mol. The van der Waals surface area contributed by atoms with Crippen molar-refractivity contribution in [1.82, 2.24) is 5.32 Å². The number of nitrogens with one attached hydrogen (secondary N) is 1. The van der Waals surface area contributed by atoms with E-state index in [4.69, 9.17) is 9.47 Å². The number of fused-ring (bicyclic) bond motifs is 1. The second kappa shape index (κ2) is 5.40. The molecule has 0 atom stereocenters. The van der Waals surface area contributed by atoms with Crippen molar-refractivity contribution >= 4 is 5.91 Å². The molecule has 1 heterocycles. The van der Waals surface area contributed by atoms with Gasteiger partial charge in [0.05, 0.1) is 0 Å². The summed E-state index contributed by atoms with van der Waals surface area (Å²) in [6.45, 7) is 0.860. The minimum absolute atomic E-state index is 0.217. The summed E-state index contributed by atoms with van der Waals surface area (Å²) in [5.74, 6) is 4.49. The highest BCUT2D eigenvalue weighted by Gasteiger charge is 2.51. The van der Waals surface area contributed by atoms with Gasteiger partial charge < -0.3 is 14.8 Å². The summed E-state index contributed by atoms with van der Waals surface area (Å²) < 4.78 is 10.7. The Labute approximate surface area is 142 Å². The van der Waals surface area contributed by atoms with Crippen molar-refractivity contribution in [2.24, 2.45) is 23.2 Å². The first-order valence-electron chi connectivity index (χ1n) is 9.33. The number of rotatable bonds is 4. The average Bonchev–Trinajstić information content (AvgIpc) is 2.98. The molecule has 4 nitrogen and oxygen atoms in total. The maximum absolute atomic E-state index is 12.6. The summed E-state index contributed by atoms with van der Waals surface area (Å²) in [5, 5.41) is 3.13. The third kappa shape index (κ3) is 2.56. The van der Waals surface area contributed by atoms with E-state index in [9.17, 15) is 4.79 Å². The van der Waals surface area contributed by atoms with Crippen LogP contribution in [0.15, 0.2) is 18.2 Å². The summed E-state index contributed by atoms with van der Waals surface area (Å²) >= 11 is 0. The second-order valence-electron chi connectivity index (χ2n) is 8.56. The van der Waals surface area contributed by atoms with Crippen molar-refractivity contribution in [3.05, 3.63) is 23.8 Å². The van der Waals surface area contributed by atoms with Gasteiger partial charge in [0.15, 0.2) is 11.5 Å². The van der Waals surface area contributed by atoms with Crippen LogP contribution in [0, 0.1) is 23.2 Å². The Bertz CT molecular complexity index is 634. The van der Waals surface area contributed by atoms with E-state index in [-0.39, 0.29) is 12.7 Å². The molecular weight excluding hydrogens is 302 g/mol. The van der Waals surface area contributed by atoms with Crippen LogP contribution >= 0.6 is 0 Å². The molecule has 0 saturated heterocycles. The van der Waals surface area contributed by atoms with Gasteiger partial charge in [0.1, 0.15) is 0 Å². The van der Waals surface area contributed by atoms with Crippen LogP contribution in [0.5, 0.6) is 11.5 Å². The number of amides is 1. The van der Waals surface area contributed by atoms with Gasteiger partial charge >= 0.3 is 0 Å². The highest BCUT2D eigenvalue weighted by molar-refractivity contribution is 5.76. The van der Waals surface area contributed by atoms with E-state index in [1.165, 1.54) is 38.5 Å². The van der Waals surface area contributed by atoms with Crippen molar-refractivity contribution in [2.75, 3.05) is 6.79 Å². The Balaban J connectivity index is 1.21. The molecule has 1 aromatic rings. The normalized spacial score (nSPS) is 35.2. The molecule has 128 valence electrons. The van der Waals surface area contributed by atoms with Crippen LogP contribution in [0.4, 0.5) is 0 Å². The predicted molar refractivity (Wildman–Crippen MR) is 89.6 cm³/mol. The minimum Gasteiger partial charge on any atom is -0.454 e. The highest BCUT2D eigenvalue weighted by Crippen LogP contribution is 2.61. The molecule has 4 bridgehead atoms. The van der Waals surface area contributed by atoms with Crippen LogP contribution in [0.1, 0.15) is 50.5 Å². The first kappa shape index (κ1) is 14.6. The van der Waals surface area contributed by atoms with Gasteiger partial charge in [-0.15, -0.1) is 0 Å². The van der Waals surface area contributed by atoms with Gasteiger partial charge in [-0.2, -0.15) is 0 Å². The first-order chi connectivity index (χ1) is 11.7. The number of hydrogen-bond donors (Lipinski definition) is 1. The van der Waals surface area contributed by atoms with Gasteiger partial charge in [-0.1, -0.05) is 6.07 Å². The topological polar surface area (TPSA) is 47.6 Å². The third-order valence-corrected chi connectivity index (χ3v) is 6.63. The number of hydrogen-bond acceptors (Lipinski definition) is 3. The largest absolute Gasteiger partial charge is 0.454 e. The fourth-order valence-electron chi connectivity index (χ4n) is 6.16. The Kier molecular flexibility index (Phi) is 3.29. The van der Waals surface area contributed by atoms with Crippen molar-refractivity contribution in [2.45, 2.75) is 51.5 Å². The van der Waals surface area contributed by atoms with Gasteiger partial charge in [-0.25, -0.2) is 0 Å². The molecule has 4 saturated carbocycles. The second-order valence-corrected chi connectivity index (χ2v) is 8.56. The molecule has 0 aromatic heterocycles. The zero-order valence-corrected chi connectivity index (χ0v) is 14.1. The van der Waals surface area contributed by atoms with Gasteiger partial charge in [-0.3, -0.25) is 4.79 Å². The van der Waals surface area contributed by atoms with Crippen LogP contribution in [0.2, 0.25) is 0 Å². The van der Waals surface area contributed by atoms with E-state index in [0.717, 1.165) is 41.2 Å². The maximum Gasteiger partial charge on any atom is 0.231 e. The molecule has 24 heavy (non-hydrogen) atoms. The van der Waals surface area contributed by atoms with Crippen LogP contribution in [-0.4, -0.2) is 12.7 Å². The molecule has 1 amide bonds. The van der Waals surface area contributed by atoms with E-state index >= 15 is 0 Å². The van der Waals surface area contributed by atoms with Crippen molar-refractivity contribution in [1.29, 1.82) is 0 Å². The van der Waals surface area contributed by atoms with Crippen LogP contribution in [0.25, 0.3) is 0 Å². The predicted octanol–water partition coefficient (Wildman–Crippen LogP) is 3.64. The Morgan fingerprint density at radius 1 is 1.04 bits per heavy atom. The molecule has 6 rings (SSSR count). The quantitative estimate of drug-likeness (QED) is 0.918. The van der Waals surface area contributed by atoms with Gasteiger partial charge in [-0.05, 0) is 79.4 Å². The molecule has 4 fully saturated rings. The Morgan fingerprint density at radius 2 is 1.71 bits per heavy atom. The zero-order valence-electron chi connectivity index (χ0n) is 14.1. The van der Waals surface area contributed by atoms with Gasteiger partial charge in [0.25, 0.3) is 0 Å². The lowest BCUT2D eigenvalue weighted by molar-refractivity contribution is -0.129.